The highest BCUT2D eigenvalue weighted by Gasteiger charge is 2.22. The van der Waals surface area contributed by atoms with E-state index in [2.05, 4.69) is 4.90 Å². The fourth-order valence-corrected chi connectivity index (χ4v) is 3.56. The Kier molecular flexibility index (Phi) is 7.35. The van der Waals surface area contributed by atoms with Gasteiger partial charge in [0.25, 0.3) is 0 Å². The molecule has 2 aromatic rings. The number of piperidine rings is 1. The number of amidine groups is 2. The molecule has 1 atom stereocenters. The van der Waals surface area contributed by atoms with Gasteiger partial charge in [-0.1, -0.05) is 12.1 Å². The van der Waals surface area contributed by atoms with Crippen LogP contribution in [0, 0.1) is 10.8 Å². The average Bonchev–Trinajstić information content (AvgIpc) is 2.79. The Morgan fingerprint density at radius 2 is 1.75 bits per heavy atom. The number of nitrogens with two attached hydrogens (primary N) is 1. The van der Waals surface area contributed by atoms with Crippen LogP contribution in [-0.2, 0) is 4.79 Å². The standard InChI is InChI=1S/C24H31N5O3/c1-16(28(3)19-6-4-5-18(15-19)23(26)27)24(30)32-21-9-7-20(8-10-21)31-22-11-13-29(14-12-22)17(2)25/h4-10,15-16,22,25H,11-14H2,1-3H3,(H3,26,27)/t16-/m0/s1. The van der Waals surface area contributed by atoms with E-state index in [-0.39, 0.29) is 17.9 Å². The number of esters is 1. The first-order valence-electron chi connectivity index (χ1n) is 10.7. The molecule has 0 aliphatic carbocycles. The molecule has 1 heterocycles. The number of hydrogen-bond donors (Lipinski definition) is 3. The van der Waals surface area contributed by atoms with Crippen LogP contribution in [0.2, 0.25) is 0 Å². The molecule has 32 heavy (non-hydrogen) atoms. The van der Waals surface area contributed by atoms with Gasteiger partial charge >= 0.3 is 5.97 Å². The van der Waals surface area contributed by atoms with Crippen molar-refractivity contribution in [2.24, 2.45) is 5.73 Å². The lowest BCUT2D eigenvalue weighted by Gasteiger charge is -2.32. The Balaban J connectivity index is 1.54. The monoisotopic (exact) mass is 437 g/mol. The molecule has 3 rings (SSSR count). The summed E-state index contributed by atoms with van der Waals surface area (Å²) >= 11 is 0. The molecule has 0 aromatic heterocycles. The highest BCUT2D eigenvalue weighted by Crippen LogP contribution is 2.23. The summed E-state index contributed by atoms with van der Waals surface area (Å²) in [6, 6.07) is 13.7. The van der Waals surface area contributed by atoms with Gasteiger partial charge in [0, 0.05) is 44.2 Å². The zero-order chi connectivity index (χ0) is 23.3. The van der Waals surface area contributed by atoms with Gasteiger partial charge in [-0.3, -0.25) is 10.8 Å². The van der Waals surface area contributed by atoms with E-state index < -0.39 is 6.04 Å². The largest absolute Gasteiger partial charge is 0.490 e. The smallest absolute Gasteiger partial charge is 0.333 e. The van der Waals surface area contributed by atoms with Crippen molar-refractivity contribution in [2.75, 3.05) is 25.0 Å². The van der Waals surface area contributed by atoms with Crippen molar-refractivity contribution in [1.29, 1.82) is 10.8 Å². The molecule has 0 amide bonds. The summed E-state index contributed by atoms with van der Waals surface area (Å²) in [6.45, 7) is 5.23. The van der Waals surface area contributed by atoms with Crippen LogP contribution in [0.25, 0.3) is 0 Å². The molecule has 1 aliphatic heterocycles. The van der Waals surface area contributed by atoms with Gasteiger partial charge in [0.2, 0.25) is 0 Å². The Bertz CT molecular complexity index is 968. The summed E-state index contributed by atoms with van der Waals surface area (Å²) in [4.78, 5) is 16.5. The van der Waals surface area contributed by atoms with E-state index in [1.54, 1.807) is 49.2 Å². The second-order valence-electron chi connectivity index (χ2n) is 8.03. The van der Waals surface area contributed by atoms with Crippen molar-refractivity contribution in [3.63, 3.8) is 0 Å². The Hall–Kier alpha value is -3.55. The van der Waals surface area contributed by atoms with Crippen molar-refractivity contribution >= 4 is 23.3 Å². The number of likely N-dealkylation sites (N-methyl/N-ethyl adjacent to an activating group) is 1. The lowest BCUT2D eigenvalue weighted by molar-refractivity contribution is -0.135. The third kappa shape index (κ3) is 5.78. The van der Waals surface area contributed by atoms with E-state index in [0.29, 0.717) is 17.1 Å². The molecule has 170 valence electrons. The topological polar surface area (TPSA) is 116 Å². The fraction of sp³-hybridized carbons (Fsp3) is 0.375. The molecule has 0 unspecified atom stereocenters. The first kappa shape index (κ1) is 23.1. The number of hydrogen-bond acceptors (Lipinski definition) is 6. The van der Waals surface area contributed by atoms with Crippen LogP contribution in [0.15, 0.2) is 48.5 Å². The first-order chi connectivity index (χ1) is 15.2. The molecule has 0 spiro atoms. The number of nitrogens with one attached hydrogen (secondary N) is 2. The van der Waals surface area contributed by atoms with Gasteiger partial charge in [0.05, 0.1) is 5.84 Å². The van der Waals surface area contributed by atoms with Gasteiger partial charge in [0.15, 0.2) is 0 Å². The van der Waals surface area contributed by atoms with Gasteiger partial charge in [-0.2, -0.15) is 0 Å². The summed E-state index contributed by atoms with van der Waals surface area (Å²) in [7, 11) is 1.80. The van der Waals surface area contributed by atoms with Crippen LogP contribution in [-0.4, -0.2) is 54.8 Å². The van der Waals surface area contributed by atoms with E-state index in [4.69, 9.17) is 26.0 Å². The van der Waals surface area contributed by atoms with Crippen molar-refractivity contribution in [2.45, 2.75) is 38.8 Å². The molecule has 0 radical (unpaired) electrons. The molecule has 4 N–H and O–H groups in total. The predicted octanol–water partition coefficient (Wildman–Crippen LogP) is 3.24. The first-order valence-corrected chi connectivity index (χ1v) is 10.7. The lowest BCUT2D eigenvalue weighted by atomic mass is 10.1. The zero-order valence-electron chi connectivity index (χ0n) is 18.8. The summed E-state index contributed by atoms with van der Waals surface area (Å²) in [6.07, 6.45) is 1.88. The van der Waals surface area contributed by atoms with E-state index in [1.807, 2.05) is 25.1 Å². The van der Waals surface area contributed by atoms with Gasteiger partial charge < -0.3 is 25.0 Å². The van der Waals surface area contributed by atoms with E-state index in [1.165, 1.54) is 0 Å². The minimum absolute atomic E-state index is 0.0202. The summed E-state index contributed by atoms with van der Waals surface area (Å²) in [5.41, 5.74) is 6.94. The Labute approximate surface area is 188 Å². The van der Waals surface area contributed by atoms with Gasteiger partial charge in [-0.05, 0) is 50.2 Å². The van der Waals surface area contributed by atoms with Crippen LogP contribution in [0.1, 0.15) is 32.3 Å². The number of anilines is 1. The second kappa shape index (κ2) is 10.2. The van der Waals surface area contributed by atoms with E-state index >= 15 is 0 Å². The Morgan fingerprint density at radius 1 is 1.12 bits per heavy atom. The number of ether oxygens (including phenoxy) is 2. The molecule has 8 heteroatoms. The number of nitrogen functional groups attached to an aromatic ring is 1. The SMILES string of the molecule is CC(=N)N1CCC(Oc2ccc(OC(=O)[C@H](C)N(C)c3cccc(C(=N)N)c3)cc2)CC1. The number of likely N-dealkylation sites (tertiary alicyclic amines) is 1. The molecule has 2 aromatic carbocycles. The van der Waals surface area contributed by atoms with E-state index in [9.17, 15) is 4.79 Å². The van der Waals surface area contributed by atoms with Crippen LogP contribution in [0.3, 0.4) is 0 Å². The summed E-state index contributed by atoms with van der Waals surface area (Å²) in [5.74, 6) is 1.38. The van der Waals surface area contributed by atoms with Crippen LogP contribution >= 0.6 is 0 Å². The minimum atomic E-state index is -0.532. The number of carbonyl (C=O) groups excluding carboxylic acids is 1. The summed E-state index contributed by atoms with van der Waals surface area (Å²) in [5, 5.41) is 15.3. The molecule has 0 saturated carbocycles. The van der Waals surface area contributed by atoms with Crippen molar-refractivity contribution in [3.8, 4) is 11.5 Å². The minimum Gasteiger partial charge on any atom is -0.490 e. The molecular formula is C24H31N5O3. The number of benzene rings is 2. The maximum absolute atomic E-state index is 12.6. The normalized spacial score (nSPS) is 15.0. The molecule has 1 fully saturated rings. The van der Waals surface area contributed by atoms with Gasteiger partial charge in [-0.25, -0.2) is 4.79 Å². The van der Waals surface area contributed by atoms with Crippen molar-refractivity contribution < 1.29 is 14.3 Å². The van der Waals surface area contributed by atoms with E-state index in [0.717, 1.165) is 37.4 Å². The number of carbonyl (C=O) groups is 1. The quantitative estimate of drug-likeness (QED) is 0.265. The maximum atomic E-state index is 12.6. The zero-order valence-corrected chi connectivity index (χ0v) is 18.8. The fourth-order valence-electron chi connectivity index (χ4n) is 3.56. The molecular weight excluding hydrogens is 406 g/mol. The van der Waals surface area contributed by atoms with Gasteiger partial charge in [0.1, 0.15) is 29.5 Å². The van der Waals surface area contributed by atoms with Crippen molar-refractivity contribution in [3.05, 3.63) is 54.1 Å². The summed E-state index contributed by atoms with van der Waals surface area (Å²) < 4.78 is 11.6. The van der Waals surface area contributed by atoms with Crippen LogP contribution in [0.5, 0.6) is 11.5 Å². The van der Waals surface area contributed by atoms with Gasteiger partial charge in [-0.15, -0.1) is 0 Å². The molecule has 1 aliphatic rings. The predicted molar refractivity (Wildman–Crippen MR) is 126 cm³/mol. The third-order valence-corrected chi connectivity index (χ3v) is 5.75. The average molecular weight is 438 g/mol. The number of rotatable bonds is 7. The number of nitrogens with zero attached hydrogens (tertiary/aromatic N) is 2. The second-order valence-corrected chi connectivity index (χ2v) is 8.03. The Morgan fingerprint density at radius 3 is 2.34 bits per heavy atom. The van der Waals surface area contributed by atoms with Crippen LogP contribution < -0.4 is 20.1 Å². The maximum Gasteiger partial charge on any atom is 0.333 e. The highest BCUT2D eigenvalue weighted by atomic mass is 16.5. The van der Waals surface area contributed by atoms with Crippen molar-refractivity contribution in [1.82, 2.24) is 4.90 Å². The molecule has 1 saturated heterocycles. The molecule has 8 nitrogen and oxygen atoms in total. The highest BCUT2D eigenvalue weighted by molar-refractivity contribution is 5.96. The molecule has 0 bridgehead atoms. The third-order valence-electron chi connectivity index (χ3n) is 5.75. The lowest BCUT2D eigenvalue weighted by Crippen LogP contribution is -2.40. The van der Waals surface area contributed by atoms with Crippen LogP contribution in [0.4, 0.5) is 5.69 Å².